The zero-order chi connectivity index (χ0) is 29.5. The molecule has 0 bridgehead atoms. The van der Waals surface area contributed by atoms with Crippen LogP contribution in [-0.4, -0.2) is 65.1 Å². The van der Waals surface area contributed by atoms with E-state index in [0.29, 0.717) is 11.1 Å². The number of carbonyl (C=O) groups excluding carboxylic acids is 2. The van der Waals surface area contributed by atoms with Gasteiger partial charge in [-0.15, -0.1) is 0 Å². The van der Waals surface area contributed by atoms with Gasteiger partial charge in [-0.25, -0.2) is 9.78 Å². The zero-order valence-corrected chi connectivity index (χ0v) is 25.0. The summed E-state index contributed by atoms with van der Waals surface area (Å²) in [5, 5.41) is 7.14. The molecule has 2 N–H and O–H groups in total. The van der Waals surface area contributed by atoms with Gasteiger partial charge in [0.15, 0.2) is 0 Å². The van der Waals surface area contributed by atoms with E-state index in [1.54, 1.807) is 13.1 Å². The van der Waals surface area contributed by atoms with Gasteiger partial charge < -0.3 is 25.2 Å². The number of halogens is 1. The second-order valence-electron chi connectivity index (χ2n) is 11.2. The molecule has 2 amide bonds. The smallest absolute Gasteiger partial charge is 0.407 e. The van der Waals surface area contributed by atoms with Crippen LogP contribution in [0.2, 0.25) is 5.02 Å². The summed E-state index contributed by atoms with van der Waals surface area (Å²) in [6.07, 6.45) is 10.4. The Kier molecular flexibility index (Phi) is 9.79. The topological polar surface area (TPSA) is 99.7 Å². The Morgan fingerprint density at radius 2 is 1.71 bits per heavy atom. The number of carbonyl (C=O) groups is 2. The Labute approximate surface area is 252 Å². The first-order valence-electron chi connectivity index (χ1n) is 14.7. The molecule has 5 rings (SSSR count). The van der Waals surface area contributed by atoms with Crippen LogP contribution in [0.25, 0.3) is 11.1 Å². The lowest BCUT2D eigenvalue weighted by atomic mass is 9.91. The third kappa shape index (κ3) is 7.70. The van der Waals surface area contributed by atoms with Crippen LogP contribution in [0.3, 0.4) is 0 Å². The number of benzene rings is 1. The van der Waals surface area contributed by atoms with Gasteiger partial charge in [-0.3, -0.25) is 9.78 Å². The Balaban J connectivity index is 1.14. The highest BCUT2D eigenvalue weighted by Gasteiger charge is 2.25. The fourth-order valence-corrected chi connectivity index (χ4v) is 6.02. The van der Waals surface area contributed by atoms with E-state index < -0.39 is 0 Å². The monoisotopic (exact) mass is 590 g/mol. The molecule has 0 unspecified atom stereocenters. The molecule has 222 valence electrons. The Morgan fingerprint density at radius 3 is 2.43 bits per heavy atom. The van der Waals surface area contributed by atoms with Gasteiger partial charge in [-0.1, -0.05) is 41.9 Å². The van der Waals surface area contributed by atoms with Crippen LogP contribution >= 0.6 is 11.6 Å². The molecule has 9 nitrogen and oxygen atoms in total. The van der Waals surface area contributed by atoms with Crippen LogP contribution in [0.5, 0.6) is 0 Å². The van der Waals surface area contributed by atoms with Crippen molar-refractivity contribution in [1.82, 2.24) is 20.2 Å². The molecule has 3 heterocycles. The quantitative estimate of drug-likeness (QED) is 0.337. The molecule has 42 heavy (non-hydrogen) atoms. The van der Waals surface area contributed by atoms with E-state index in [2.05, 4.69) is 38.6 Å². The molecule has 1 saturated heterocycles. The zero-order valence-electron chi connectivity index (χ0n) is 24.3. The second-order valence-corrected chi connectivity index (χ2v) is 11.6. The van der Waals surface area contributed by atoms with Crippen LogP contribution in [0.15, 0.2) is 61.1 Å². The van der Waals surface area contributed by atoms with Crippen LogP contribution in [0, 0.1) is 0 Å². The van der Waals surface area contributed by atoms with Crippen molar-refractivity contribution in [3.05, 3.63) is 71.6 Å². The minimum absolute atomic E-state index is 0.0977. The Hall–Kier alpha value is -3.85. The lowest BCUT2D eigenvalue weighted by molar-refractivity contribution is -0.129. The summed E-state index contributed by atoms with van der Waals surface area (Å²) >= 11 is 6.61. The SMILES string of the molecule is CC(=O)N1CCC(N(C)c2cncc(-c3cc(NC4CCC(NC(=O)OCc5ccccc5)CC4)ncc3Cl)c2)CC1. The number of anilines is 2. The Morgan fingerprint density at radius 1 is 1.00 bits per heavy atom. The summed E-state index contributed by atoms with van der Waals surface area (Å²) in [5.74, 6) is 0.906. The van der Waals surface area contributed by atoms with Crippen molar-refractivity contribution in [1.29, 1.82) is 0 Å². The largest absolute Gasteiger partial charge is 0.445 e. The molecule has 3 aromatic rings. The van der Waals surface area contributed by atoms with E-state index in [9.17, 15) is 9.59 Å². The number of alkyl carbamates (subject to hydrolysis) is 1. The van der Waals surface area contributed by atoms with Crippen molar-refractivity contribution in [3.63, 3.8) is 0 Å². The number of hydrogen-bond donors (Lipinski definition) is 2. The number of nitrogens with one attached hydrogen (secondary N) is 2. The summed E-state index contributed by atoms with van der Waals surface area (Å²) in [4.78, 5) is 37.2. The second kappa shape index (κ2) is 13.9. The van der Waals surface area contributed by atoms with E-state index in [1.807, 2.05) is 53.7 Å². The van der Waals surface area contributed by atoms with Crippen molar-refractivity contribution in [2.75, 3.05) is 30.4 Å². The number of aromatic nitrogens is 2. The number of piperidine rings is 1. The van der Waals surface area contributed by atoms with Gasteiger partial charge in [0.25, 0.3) is 0 Å². The third-order valence-corrected chi connectivity index (χ3v) is 8.67. The molecule has 0 atom stereocenters. The first-order valence-corrected chi connectivity index (χ1v) is 15.1. The summed E-state index contributed by atoms with van der Waals surface area (Å²) in [6, 6.07) is 14.5. The molecule has 1 aliphatic carbocycles. The third-order valence-electron chi connectivity index (χ3n) is 8.37. The van der Waals surface area contributed by atoms with Gasteiger partial charge in [-0.05, 0) is 56.2 Å². The number of pyridine rings is 2. The predicted molar refractivity (Wildman–Crippen MR) is 166 cm³/mol. The molecule has 1 aromatic carbocycles. The minimum Gasteiger partial charge on any atom is -0.445 e. The highest BCUT2D eigenvalue weighted by Crippen LogP contribution is 2.33. The highest BCUT2D eigenvalue weighted by molar-refractivity contribution is 6.33. The van der Waals surface area contributed by atoms with Gasteiger partial charge in [-0.2, -0.15) is 0 Å². The highest BCUT2D eigenvalue weighted by atomic mass is 35.5. The minimum atomic E-state index is -0.373. The van der Waals surface area contributed by atoms with Gasteiger partial charge in [0.1, 0.15) is 12.4 Å². The molecular weight excluding hydrogens is 552 g/mol. The maximum absolute atomic E-state index is 12.3. The molecule has 2 aromatic heterocycles. The molecule has 0 spiro atoms. The first kappa shape index (κ1) is 29.6. The number of ether oxygens (including phenoxy) is 1. The summed E-state index contributed by atoms with van der Waals surface area (Å²) in [5.41, 5.74) is 3.79. The molecule has 1 saturated carbocycles. The fraction of sp³-hybridized carbons (Fsp3) is 0.438. The van der Waals surface area contributed by atoms with Gasteiger partial charge in [0.05, 0.1) is 16.9 Å². The summed E-state index contributed by atoms with van der Waals surface area (Å²) < 4.78 is 5.38. The average molecular weight is 591 g/mol. The van der Waals surface area contributed by atoms with Crippen molar-refractivity contribution >= 4 is 35.1 Å². The average Bonchev–Trinajstić information content (AvgIpc) is 3.02. The number of hydrogen-bond acceptors (Lipinski definition) is 7. The number of nitrogens with zero attached hydrogens (tertiary/aromatic N) is 4. The van der Waals surface area contributed by atoms with E-state index in [-0.39, 0.29) is 30.7 Å². The van der Waals surface area contributed by atoms with Crippen molar-refractivity contribution in [2.45, 2.75) is 70.2 Å². The fourth-order valence-electron chi connectivity index (χ4n) is 5.81. The molecule has 2 aliphatic rings. The standard InChI is InChI=1S/C32H39ClN6O3/c1-22(40)39-14-12-27(13-15-39)38(2)28-16-24(18-34-19-28)29-17-31(35-20-30(29)33)36-25-8-10-26(11-9-25)37-32(41)42-21-23-6-4-3-5-7-23/h3-7,16-20,25-27H,8-15,21H2,1-2H3,(H,35,36)(H,37,41). The Bertz CT molecular complexity index is 1360. The number of amides is 2. The van der Waals surface area contributed by atoms with E-state index in [4.69, 9.17) is 16.3 Å². The number of rotatable bonds is 8. The van der Waals surface area contributed by atoms with Crippen molar-refractivity contribution in [2.24, 2.45) is 0 Å². The lowest BCUT2D eigenvalue weighted by Gasteiger charge is -2.37. The van der Waals surface area contributed by atoms with Gasteiger partial charge in [0.2, 0.25) is 5.91 Å². The van der Waals surface area contributed by atoms with Crippen LogP contribution < -0.4 is 15.5 Å². The van der Waals surface area contributed by atoms with Gasteiger partial charge >= 0.3 is 6.09 Å². The van der Waals surface area contributed by atoms with Crippen LogP contribution in [0.1, 0.15) is 51.0 Å². The van der Waals surface area contributed by atoms with Crippen LogP contribution in [-0.2, 0) is 16.1 Å². The molecule has 2 fully saturated rings. The van der Waals surface area contributed by atoms with Crippen LogP contribution in [0.4, 0.5) is 16.3 Å². The van der Waals surface area contributed by atoms with Crippen molar-refractivity contribution in [3.8, 4) is 11.1 Å². The summed E-state index contributed by atoms with van der Waals surface area (Å²) in [6.45, 7) is 3.45. The van der Waals surface area contributed by atoms with E-state index in [1.165, 1.54) is 0 Å². The first-order chi connectivity index (χ1) is 20.4. The van der Waals surface area contributed by atoms with E-state index >= 15 is 0 Å². The molecule has 0 radical (unpaired) electrons. The van der Waals surface area contributed by atoms with Crippen molar-refractivity contribution < 1.29 is 14.3 Å². The summed E-state index contributed by atoms with van der Waals surface area (Å²) in [7, 11) is 2.09. The maximum atomic E-state index is 12.3. The van der Waals surface area contributed by atoms with E-state index in [0.717, 1.165) is 79.8 Å². The van der Waals surface area contributed by atoms with Gasteiger partial charge in [0, 0.05) is 68.7 Å². The predicted octanol–water partition coefficient (Wildman–Crippen LogP) is 5.89. The normalized spacial score (nSPS) is 19.2. The number of likely N-dealkylation sites (tertiary alicyclic amines) is 1. The lowest BCUT2D eigenvalue weighted by Crippen LogP contribution is -2.45. The molecular formula is C32H39ClN6O3. The molecule has 10 heteroatoms. The maximum Gasteiger partial charge on any atom is 0.407 e. The molecule has 1 aliphatic heterocycles.